The van der Waals surface area contributed by atoms with Gasteiger partial charge in [-0.15, -0.1) is 0 Å². The standard InChI is InChI=1S/C17H15ClN4O2/c1-21-11-14(10-20-21)13-4-2-3-12(7-13)9-19-17-6-5-15(22(23)24)8-16(17)18/h2-8,10-11,19H,9H2,1H3. The summed E-state index contributed by atoms with van der Waals surface area (Å²) in [6.45, 7) is 0.561. The van der Waals surface area contributed by atoms with Crippen LogP contribution >= 0.6 is 11.6 Å². The van der Waals surface area contributed by atoms with Gasteiger partial charge in [-0.1, -0.05) is 29.8 Å². The van der Waals surface area contributed by atoms with Gasteiger partial charge in [0.2, 0.25) is 0 Å². The van der Waals surface area contributed by atoms with Gasteiger partial charge in [-0.3, -0.25) is 14.8 Å². The molecule has 0 spiro atoms. The number of halogens is 1. The Bertz CT molecular complexity index is 892. The highest BCUT2D eigenvalue weighted by atomic mass is 35.5. The zero-order valence-electron chi connectivity index (χ0n) is 12.9. The summed E-state index contributed by atoms with van der Waals surface area (Å²) in [7, 11) is 1.88. The fraction of sp³-hybridized carbons (Fsp3) is 0.118. The molecule has 0 aliphatic carbocycles. The van der Waals surface area contributed by atoms with Gasteiger partial charge in [-0.25, -0.2) is 0 Å². The maximum absolute atomic E-state index is 10.7. The molecular weight excluding hydrogens is 328 g/mol. The number of aromatic nitrogens is 2. The fourth-order valence-electron chi connectivity index (χ4n) is 2.39. The van der Waals surface area contributed by atoms with Crippen molar-refractivity contribution in [1.29, 1.82) is 0 Å². The lowest BCUT2D eigenvalue weighted by atomic mass is 10.1. The Balaban J connectivity index is 1.74. The van der Waals surface area contributed by atoms with E-state index in [9.17, 15) is 10.1 Å². The summed E-state index contributed by atoms with van der Waals surface area (Å²) in [5.74, 6) is 0. The van der Waals surface area contributed by atoms with Crippen LogP contribution < -0.4 is 5.32 Å². The molecule has 0 saturated heterocycles. The molecule has 0 unspecified atom stereocenters. The Hall–Kier alpha value is -2.86. The molecule has 0 amide bonds. The molecule has 24 heavy (non-hydrogen) atoms. The molecule has 1 heterocycles. The van der Waals surface area contributed by atoms with Crippen molar-refractivity contribution in [1.82, 2.24) is 9.78 Å². The number of anilines is 1. The lowest BCUT2D eigenvalue weighted by Gasteiger charge is -2.09. The third-order valence-corrected chi connectivity index (χ3v) is 3.92. The van der Waals surface area contributed by atoms with E-state index in [1.807, 2.05) is 37.6 Å². The number of nitro groups is 1. The Kier molecular flexibility index (Phi) is 4.48. The van der Waals surface area contributed by atoms with E-state index in [-0.39, 0.29) is 5.69 Å². The maximum atomic E-state index is 10.7. The molecule has 122 valence electrons. The van der Waals surface area contributed by atoms with Crippen LogP contribution in [0.4, 0.5) is 11.4 Å². The molecule has 2 aromatic carbocycles. The van der Waals surface area contributed by atoms with Crippen LogP contribution in [0, 0.1) is 10.1 Å². The fourth-order valence-corrected chi connectivity index (χ4v) is 2.63. The highest BCUT2D eigenvalue weighted by Gasteiger charge is 2.09. The molecule has 0 radical (unpaired) electrons. The minimum Gasteiger partial charge on any atom is -0.380 e. The van der Waals surface area contributed by atoms with E-state index in [1.54, 1.807) is 10.7 Å². The first kappa shape index (κ1) is 16.0. The van der Waals surface area contributed by atoms with Crippen LogP contribution in [0.5, 0.6) is 0 Å². The van der Waals surface area contributed by atoms with E-state index in [4.69, 9.17) is 11.6 Å². The Labute approximate surface area is 143 Å². The second-order valence-corrected chi connectivity index (χ2v) is 5.79. The topological polar surface area (TPSA) is 73.0 Å². The molecule has 3 rings (SSSR count). The van der Waals surface area contributed by atoms with Crippen LogP contribution in [0.1, 0.15) is 5.56 Å². The molecule has 0 bridgehead atoms. The average Bonchev–Trinajstić information content (AvgIpc) is 3.00. The number of nitro benzene ring substituents is 1. The third-order valence-electron chi connectivity index (χ3n) is 3.61. The van der Waals surface area contributed by atoms with Crippen molar-refractivity contribution in [3.05, 3.63) is 75.6 Å². The Morgan fingerprint density at radius 3 is 2.75 bits per heavy atom. The first-order valence-corrected chi connectivity index (χ1v) is 7.66. The molecule has 3 aromatic rings. The van der Waals surface area contributed by atoms with E-state index in [0.29, 0.717) is 17.3 Å². The molecule has 7 heteroatoms. The van der Waals surface area contributed by atoms with Crippen molar-refractivity contribution in [2.24, 2.45) is 7.05 Å². The highest BCUT2D eigenvalue weighted by molar-refractivity contribution is 6.33. The van der Waals surface area contributed by atoms with E-state index < -0.39 is 4.92 Å². The summed E-state index contributed by atoms with van der Waals surface area (Å²) < 4.78 is 1.76. The van der Waals surface area contributed by atoms with Crippen LogP contribution in [-0.2, 0) is 13.6 Å². The summed E-state index contributed by atoms with van der Waals surface area (Å²) >= 11 is 6.09. The maximum Gasteiger partial charge on any atom is 0.271 e. The van der Waals surface area contributed by atoms with Crippen LogP contribution in [-0.4, -0.2) is 14.7 Å². The van der Waals surface area contributed by atoms with E-state index in [2.05, 4.69) is 16.5 Å². The van der Waals surface area contributed by atoms with Crippen molar-refractivity contribution >= 4 is 23.0 Å². The molecule has 0 saturated carbocycles. The van der Waals surface area contributed by atoms with Crippen LogP contribution in [0.15, 0.2) is 54.9 Å². The number of hydrogen-bond acceptors (Lipinski definition) is 4. The van der Waals surface area contributed by atoms with Crippen LogP contribution in [0.2, 0.25) is 5.02 Å². The molecule has 1 N–H and O–H groups in total. The summed E-state index contributed by atoms with van der Waals surface area (Å²) in [5.41, 5.74) is 3.84. The minimum absolute atomic E-state index is 0.0240. The number of non-ortho nitro benzene ring substituents is 1. The predicted molar refractivity (Wildman–Crippen MR) is 94.1 cm³/mol. The third kappa shape index (κ3) is 3.55. The number of nitrogens with one attached hydrogen (secondary N) is 1. The molecule has 6 nitrogen and oxygen atoms in total. The molecule has 1 aromatic heterocycles. The first-order chi connectivity index (χ1) is 11.5. The molecule has 0 aliphatic rings. The van der Waals surface area contributed by atoms with Gasteiger partial charge in [0, 0.05) is 37.5 Å². The largest absolute Gasteiger partial charge is 0.380 e. The summed E-state index contributed by atoms with van der Waals surface area (Å²) in [4.78, 5) is 10.3. The Morgan fingerprint density at radius 2 is 2.08 bits per heavy atom. The lowest BCUT2D eigenvalue weighted by molar-refractivity contribution is -0.384. The molecular formula is C17H15ClN4O2. The quantitative estimate of drug-likeness (QED) is 0.555. The van der Waals surface area contributed by atoms with Crippen molar-refractivity contribution in [2.75, 3.05) is 5.32 Å². The summed E-state index contributed by atoms with van der Waals surface area (Å²) in [6, 6.07) is 12.5. The van der Waals surface area contributed by atoms with Crippen molar-refractivity contribution in [2.45, 2.75) is 6.54 Å². The second-order valence-electron chi connectivity index (χ2n) is 5.38. The number of hydrogen-bond donors (Lipinski definition) is 1. The van der Waals surface area contributed by atoms with Crippen LogP contribution in [0.25, 0.3) is 11.1 Å². The molecule has 0 fully saturated rings. The van der Waals surface area contributed by atoms with Crippen molar-refractivity contribution in [3.8, 4) is 11.1 Å². The van der Waals surface area contributed by atoms with Crippen molar-refractivity contribution < 1.29 is 4.92 Å². The number of nitrogens with zero attached hydrogens (tertiary/aromatic N) is 3. The number of aryl methyl sites for hydroxylation is 1. The van der Waals surface area contributed by atoms with Gasteiger partial charge in [0.05, 0.1) is 21.8 Å². The van der Waals surface area contributed by atoms with Gasteiger partial charge in [0.15, 0.2) is 0 Å². The van der Waals surface area contributed by atoms with E-state index in [1.165, 1.54) is 12.1 Å². The highest BCUT2D eigenvalue weighted by Crippen LogP contribution is 2.27. The van der Waals surface area contributed by atoms with Gasteiger partial charge in [-0.2, -0.15) is 5.10 Å². The lowest BCUT2D eigenvalue weighted by Crippen LogP contribution is -2.00. The number of benzene rings is 2. The van der Waals surface area contributed by atoms with Crippen LogP contribution in [0.3, 0.4) is 0 Å². The zero-order chi connectivity index (χ0) is 17.1. The van der Waals surface area contributed by atoms with Gasteiger partial charge >= 0.3 is 0 Å². The van der Waals surface area contributed by atoms with Gasteiger partial charge in [-0.05, 0) is 23.3 Å². The first-order valence-electron chi connectivity index (χ1n) is 7.29. The zero-order valence-corrected chi connectivity index (χ0v) is 13.7. The van der Waals surface area contributed by atoms with Gasteiger partial charge in [0.1, 0.15) is 0 Å². The summed E-state index contributed by atoms with van der Waals surface area (Å²) in [5, 5.41) is 18.4. The number of rotatable bonds is 5. The second kappa shape index (κ2) is 6.72. The van der Waals surface area contributed by atoms with Gasteiger partial charge < -0.3 is 5.32 Å². The van der Waals surface area contributed by atoms with Gasteiger partial charge in [0.25, 0.3) is 5.69 Å². The normalized spacial score (nSPS) is 10.6. The smallest absolute Gasteiger partial charge is 0.271 e. The average molecular weight is 343 g/mol. The monoisotopic (exact) mass is 342 g/mol. The van der Waals surface area contributed by atoms with Crippen molar-refractivity contribution in [3.63, 3.8) is 0 Å². The molecule has 0 aliphatic heterocycles. The predicted octanol–water partition coefficient (Wildman–Crippen LogP) is 4.26. The minimum atomic E-state index is -0.465. The molecule has 0 atom stereocenters. The van der Waals surface area contributed by atoms with E-state index in [0.717, 1.165) is 16.7 Å². The van der Waals surface area contributed by atoms with E-state index >= 15 is 0 Å². The summed E-state index contributed by atoms with van der Waals surface area (Å²) in [6.07, 6.45) is 3.78. The Morgan fingerprint density at radius 1 is 1.25 bits per heavy atom. The SMILES string of the molecule is Cn1cc(-c2cccc(CNc3ccc([N+](=O)[O-])cc3Cl)c2)cn1.